The van der Waals surface area contributed by atoms with Crippen LogP contribution in [0.5, 0.6) is 0 Å². The van der Waals surface area contributed by atoms with Gasteiger partial charge in [-0.15, -0.1) is 11.3 Å². The van der Waals surface area contributed by atoms with Gasteiger partial charge in [0.2, 0.25) is 10.0 Å². The molecular formula is C21H22N4O5S2. The summed E-state index contributed by atoms with van der Waals surface area (Å²) in [6.45, 7) is 0.0876. The fourth-order valence-electron chi connectivity index (χ4n) is 3.15. The van der Waals surface area contributed by atoms with Crippen LogP contribution in [-0.4, -0.2) is 47.3 Å². The normalized spacial score (nSPS) is 12.0. The SMILES string of the molecule is CN(C)S(=O)(=O)c1ccc2c(c1)nc(CCC(=O)OCc1csc(-c3ccco3)n1)n2C. The minimum absolute atomic E-state index is 0.0876. The molecule has 0 fully saturated rings. The molecule has 0 spiro atoms. The maximum atomic E-state index is 12.4. The van der Waals surface area contributed by atoms with E-state index in [1.54, 1.807) is 30.5 Å². The van der Waals surface area contributed by atoms with E-state index in [2.05, 4.69) is 9.97 Å². The summed E-state index contributed by atoms with van der Waals surface area (Å²) >= 11 is 1.42. The molecule has 0 bridgehead atoms. The summed E-state index contributed by atoms with van der Waals surface area (Å²) < 4.78 is 38.4. The summed E-state index contributed by atoms with van der Waals surface area (Å²) in [5, 5.41) is 2.56. The Kier molecular flexibility index (Phi) is 6.13. The monoisotopic (exact) mass is 474 g/mol. The minimum atomic E-state index is -3.55. The molecule has 0 saturated carbocycles. The van der Waals surface area contributed by atoms with Crippen LogP contribution >= 0.6 is 11.3 Å². The van der Waals surface area contributed by atoms with E-state index in [9.17, 15) is 13.2 Å². The van der Waals surface area contributed by atoms with Crippen molar-refractivity contribution in [2.45, 2.75) is 24.3 Å². The lowest BCUT2D eigenvalue weighted by molar-refractivity contribution is -0.145. The first-order valence-electron chi connectivity index (χ1n) is 9.77. The molecule has 9 nitrogen and oxygen atoms in total. The van der Waals surface area contributed by atoms with Crippen LogP contribution < -0.4 is 0 Å². The number of aromatic nitrogens is 3. The average molecular weight is 475 g/mol. The summed E-state index contributed by atoms with van der Waals surface area (Å²) in [6, 6.07) is 8.44. The summed E-state index contributed by atoms with van der Waals surface area (Å²) in [7, 11) is 1.26. The van der Waals surface area contributed by atoms with E-state index in [-0.39, 0.29) is 23.9 Å². The molecule has 3 aromatic heterocycles. The molecule has 168 valence electrons. The number of fused-ring (bicyclic) bond motifs is 1. The number of rotatable bonds is 8. The fourth-order valence-corrected chi connectivity index (χ4v) is 4.84. The van der Waals surface area contributed by atoms with Crippen LogP contribution in [0.1, 0.15) is 17.9 Å². The summed E-state index contributed by atoms with van der Waals surface area (Å²) in [6.07, 6.45) is 2.10. The largest absolute Gasteiger partial charge is 0.462 e. The van der Waals surface area contributed by atoms with Crippen LogP contribution in [0.4, 0.5) is 0 Å². The highest BCUT2D eigenvalue weighted by molar-refractivity contribution is 7.89. The van der Waals surface area contributed by atoms with Gasteiger partial charge in [0.05, 0.1) is 34.3 Å². The predicted octanol–water partition coefficient (Wildman–Crippen LogP) is 3.22. The molecule has 0 aliphatic carbocycles. The molecule has 0 aliphatic rings. The third-order valence-electron chi connectivity index (χ3n) is 4.94. The van der Waals surface area contributed by atoms with E-state index in [0.717, 1.165) is 14.8 Å². The number of hydrogen-bond donors (Lipinski definition) is 0. The molecule has 0 N–H and O–H groups in total. The number of thiazole rings is 1. The first-order chi connectivity index (χ1) is 15.3. The number of aryl methyl sites for hydroxylation is 2. The van der Waals surface area contributed by atoms with Gasteiger partial charge in [0.1, 0.15) is 12.4 Å². The smallest absolute Gasteiger partial charge is 0.306 e. The molecule has 32 heavy (non-hydrogen) atoms. The van der Waals surface area contributed by atoms with E-state index < -0.39 is 10.0 Å². The number of hydrogen-bond acceptors (Lipinski definition) is 8. The van der Waals surface area contributed by atoms with Crippen molar-refractivity contribution in [3.8, 4) is 10.8 Å². The van der Waals surface area contributed by atoms with Gasteiger partial charge in [-0.3, -0.25) is 4.79 Å². The lowest BCUT2D eigenvalue weighted by atomic mass is 10.3. The molecule has 0 atom stereocenters. The number of sulfonamides is 1. The van der Waals surface area contributed by atoms with E-state index in [1.165, 1.54) is 25.4 Å². The van der Waals surface area contributed by atoms with E-state index in [1.807, 2.05) is 23.1 Å². The quantitative estimate of drug-likeness (QED) is 0.361. The maximum absolute atomic E-state index is 12.4. The van der Waals surface area contributed by atoms with Crippen LogP contribution in [0.25, 0.3) is 21.8 Å². The number of furan rings is 1. The molecule has 11 heteroatoms. The second kappa shape index (κ2) is 8.85. The van der Waals surface area contributed by atoms with Crippen molar-refractivity contribution < 1.29 is 22.4 Å². The van der Waals surface area contributed by atoms with Crippen molar-refractivity contribution in [2.75, 3.05) is 14.1 Å². The Labute approximate surface area is 189 Å². The Balaban J connectivity index is 1.38. The molecule has 3 heterocycles. The van der Waals surface area contributed by atoms with Crippen LogP contribution in [0.3, 0.4) is 0 Å². The molecule has 0 amide bonds. The van der Waals surface area contributed by atoms with Crippen molar-refractivity contribution in [1.29, 1.82) is 0 Å². The number of imidazole rings is 1. The number of ether oxygens (including phenoxy) is 1. The van der Waals surface area contributed by atoms with Gasteiger partial charge in [-0.2, -0.15) is 0 Å². The van der Waals surface area contributed by atoms with Crippen LogP contribution in [0.2, 0.25) is 0 Å². The van der Waals surface area contributed by atoms with Crippen LogP contribution in [0, 0.1) is 0 Å². The standard InChI is InChI=1S/C21H22N4O5S2/c1-24(2)32(27,28)15-6-7-17-16(11-15)23-19(25(17)3)8-9-20(26)30-12-14-13-31-21(22-14)18-5-4-10-29-18/h4-7,10-11,13H,8-9,12H2,1-3H3. The zero-order valence-electron chi connectivity index (χ0n) is 17.8. The van der Waals surface area contributed by atoms with Crippen molar-refractivity contribution in [2.24, 2.45) is 7.05 Å². The van der Waals surface area contributed by atoms with Gasteiger partial charge in [-0.05, 0) is 30.3 Å². The van der Waals surface area contributed by atoms with E-state index in [0.29, 0.717) is 29.2 Å². The zero-order chi connectivity index (χ0) is 22.9. The van der Waals surface area contributed by atoms with E-state index >= 15 is 0 Å². The predicted molar refractivity (Wildman–Crippen MR) is 120 cm³/mol. The van der Waals surface area contributed by atoms with Gasteiger partial charge in [-0.1, -0.05) is 0 Å². The van der Waals surface area contributed by atoms with Gasteiger partial charge >= 0.3 is 5.97 Å². The summed E-state index contributed by atoms with van der Waals surface area (Å²) in [5.74, 6) is 0.988. The highest BCUT2D eigenvalue weighted by atomic mass is 32.2. The Morgan fingerprint density at radius 2 is 2.06 bits per heavy atom. The minimum Gasteiger partial charge on any atom is -0.462 e. The van der Waals surface area contributed by atoms with Crippen LogP contribution in [-0.2, 0) is 39.6 Å². The number of carbonyl (C=O) groups is 1. The van der Waals surface area contributed by atoms with Gasteiger partial charge in [0.15, 0.2) is 10.8 Å². The zero-order valence-corrected chi connectivity index (χ0v) is 19.4. The Morgan fingerprint density at radius 3 is 2.78 bits per heavy atom. The first-order valence-corrected chi connectivity index (χ1v) is 12.1. The lowest BCUT2D eigenvalue weighted by Gasteiger charge is -2.10. The fraction of sp³-hybridized carbons (Fsp3) is 0.286. The molecule has 4 aromatic rings. The Hall–Kier alpha value is -3.02. The van der Waals surface area contributed by atoms with Gasteiger partial charge in [0.25, 0.3) is 0 Å². The highest BCUT2D eigenvalue weighted by Crippen LogP contribution is 2.24. The molecular weight excluding hydrogens is 452 g/mol. The highest BCUT2D eigenvalue weighted by Gasteiger charge is 2.19. The average Bonchev–Trinajstić information content (AvgIpc) is 3.51. The van der Waals surface area contributed by atoms with Crippen molar-refractivity contribution >= 4 is 38.4 Å². The number of carbonyl (C=O) groups excluding carboxylic acids is 1. The number of esters is 1. The first kappa shape index (κ1) is 22.2. The topological polar surface area (TPSA) is 108 Å². The molecule has 1 aromatic carbocycles. The molecule has 4 rings (SSSR count). The Morgan fingerprint density at radius 1 is 1.25 bits per heavy atom. The molecule has 0 aliphatic heterocycles. The van der Waals surface area contributed by atoms with Crippen molar-refractivity contribution in [3.05, 3.63) is 53.5 Å². The molecule has 0 saturated heterocycles. The van der Waals surface area contributed by atoms with Crippen molar-refractivity contribution in [1.82, 2.24) is 18.8 Å². The molecule has 0 unspecified atom stereocenters. The second-order valence-corrected chi connectivity index (χ2v) is 10.3. The lowest BCUT2D eigenvalue weighted by Crippen LogP contribution is -2.22. The third kappa shape index (κ3) is 4.45. The maximum Gasteiger partial charge on any atom is 0.306 e. The van der Waals surface area contributed by atoms with E-state index in [4.69, 9.17) is 9.15 Å². The van der Waals surface area contributed by atoms with Crippen LogP contribution in [0.15, 0.2) is 51.3 Å². The summed E-state index contributed by atoms with van der Waals surface area (Å²) in [5.41, 5.74) is 2.01. The van der Waals surface area contributed by atoms with Gasteiger partial charge in [-0.25, -0.2) is 22.7 Å². The third-order valence-corrected chi connectivity index (χ3v) is 7.66. The number of benzene rings is 1. The summed E-state index contributed by atoms with van der Waals surface area (Å²) in [4.78, 5) is 21.3. The van der Waals surface area contributed by atoms with Crippen molar-refractivity contribution in [3.63, 3.8) is 0 Å². The van der Waals surface area contributed by atoms with Gasteiger partial charge < -0.3 is 13.7 Å². The molecule has 0 radical (unpaired) electrons. The number of nitrogens with zero attached hydrogens (tertiary/aromatic N) is 4. The second-order valence-electron chi connectivity index (χ2n) is 7.31. The van der Waals surface area contributed by atoms with Gasteiger partial charge in [0, 0.05) is 32.9 Å². The Bertz CT molecular complexity index is 1350.